The molecular formula is C17H19Cl2N3O2. The predicted octanol–water partition coefficient (Wildman–Crippen LogP) is 3.58. The smallest absolute Gasteiger partial charge is 0.322 e. The van der Waals surface area contributed by atoms with Gasteiger partial charge in [-0.3, -0.25) is 9.69 Å². The molecule has 1 N–H and O–H groups in total. The monoisotopic (exact) mass is 367 g/mol. The minimum absolute atomic E-state index is 0.0627. The molecule has 0 spiro atoms. The fourth-order valence-corrected chi connectivity index (χ4v) is 3.56. The minimum atomic E-state index is -0.587. The Bertz CT molecular complexity index is 747. The van der Waals surface area contributed by atoms with Crippen molar-refractivity contribution in [3.05, 3.63) is 45.1 Å². The van der Waals surface area contributed by atoms with E-state index in [9.17, 15) is 9.59 Å². The SMILES string of the molecule is CC[C@@H](C)N1CC2=C(C1=O)[C@@H](c1cccc(Cl)c1Cl)NC(=O)N2C. The first kappa shape index (κ1) is 17.1. The first-order valence-corrected chi connectivity index (χ1v) is 8.64. The van der Waals surface area contributed by atoms with E-state index in [1.165, 1.54) is 4.90 Å². The van der Waals surface area contributed by atoms with E-state index < -0.39 is 6.04 Å². The van der Waals surface area contributed by atoms with Crippen LogP contribution in [0.25, 0.3) is 0 Å². The molecule has 128 valence electrons. The van der Waals surface area contributed by atoms with Gasteiger partial charge in [0.05, 0.1) is 33.9 Å². The predicted molar refractivity (Wildman–Crippen MR) is 94.0 cm³/mol. The van der Waals surface area contributed by atoms with Gasteiger partial charge in [-0.15, -0.1) is 0 Å². The summed E-state index contributed by atoms with van der Waals surface area (Å²) >= 11 is 12.4. The van der Waals surface area contributed by atoms with Gasteiger partial charge in [0.25, 0.3) is 5.91 Å². The van der Waals surface area contributed by atoms with Crippen LogP contribution in [0.1, 0.15) is 31.9 Å². The molecule has 7 heteroatoms. The molecule has 0 saturated heterocycles. The lowest BCUT2D eigenvalue weighted by molar-refractivity contribution is -0.127. The fraction of sp³-hybridized carbons (Fsp3) is 0.412. The number of carbonyl (C=O) groups is 2. The van der Waals surface area contributed by atoms with Crippen molar-refractivity contribution in [1.29, 1.82) is 0 Å². The van der Waals surface area contributed by atoms with Crippen LogP contribution in [0.3, 0.4) is 0 Å². The molecule has 3 rings (SSSR count). The number of rotatable bonds is 3. The van der Waals surface area contributed by atoms with E-state index in [-0.39, 0.29) is 18.0 Å². The summed E-state index contributed by atoms with van der Waals surface area (Å²) in [7, 11) is 1.67. The molecule has 1 aromatic carbocycles. The average molecular weight is 368 g/mol. The van der Waals surface area contributed by atoms with E-state index in [2.05, 4.69) is 5.32 Å². The number of benzene rings is 1. The molecule has 0 bridgehead atoms. The zero-order valence-corrected chi connectivity index (χ0v) is 15.3. The van der Waals surface area contributed by atoms with Gasteiger partial charge in [0.2, 0.25) is 0 Å². The van der Waals surface area contributed by atoms with Crippen molar-refractivity contribution in [2.45, 2.75) is 32.4 Å². The van der Waals surface area contributed by atoms with Crippen LogP contribution in [0.4, 0.5) is 4.79 Å². The standard InChI is InChI=1S/C17H19Cl2N3O2/c1-4-9(2)22-8-12-13(16(22)23)15(20-17(24)21(12)3)10-6-5-7-11(18)14(10)19/h5-7,9,15H,4,8H2,1-3H3,(H,20,24)/t9-,15-/m1/s1. The van der Waals surface area contributed by atoms with Gasteiger partial charge in [0, 0.05) is 13.1 Å². The second-order valence-electron chi connectivity index (χ2n) is 6.14. The summed E-state index contributed by atoms with van der Waals surface area (Å²) in [6.07, 6.45) is 0.847. The van der Waals surface area contributed by atoms with Gasteiger partial charge in [-0.1, -0.05) is 42.3 Å². The van der Waals surface area contributed by atoms with Crippen molar-refractivity contribution in [3.8, 4) is 0 Å². The molecule has 1 aromatic rings. The lowest BCUT2D eigenvalue weighted by atomic mass is 9.95. The normalized spacial score (nSPS) is 22.0. The summed E-state index contributed by atoms with van der Waals surface area (Å²) < 4.78 is 0. The van der Waals surface area contributed by atoms with E-state index in [0.29, 0.717) is 27.7 Å². The van der Waals surface area contributed by atoms with Gasteiger partial charge < -0.3 is 10.2 Å². The van der Waals surface area contributed by atoms with E-state index >= 15 is 0 Å². The Labute approximate surface area is 151 Å². The number of amides is 3. The summed E-state index contributed by atoms with van der Waals surface area (Å²) in [5, 5.41) is 3.62. The molecule has 2 aliphatic rings. The molecule has 2 heterocycles. The molecule has 3 amide bonds. The van der Waals surface area contributed by atoms with Crippen LogP contribution >= 0.6 is 23.2 Å². The maximum atomic E-state index is 13.0. The Balaban J connectivity index is 2.09. The van der Waals surface area contributed by atoms with E-state index in [1.54, 1.807) is 30.1 Å². The number of nitrogens with zero attached hydrogens (tertiary/aromatic N) is 2. The summed E-state index contributed by atoms with van der Waals surface area (Å²) in [4.78, 5) is 28.6. The molecule has 0 unspecified atom stereocenters. The number of urea groups is 1. The summed E-state index contributed by atoms with van der Waals surface area (Å²) in [6, 6.07) is 4.49. The van der Waals surface area contributed by atoms with Crippen LogP contribution in [0, 0.1) is 0 Å². The van der Waals surface area contributed by atoms with Gasteiger partial charge in [-0.25, -0.2) is 4.79 Å². The second kappa shape index (κ2) is 6.30. The summed E-state index contributed by atoms with van der Waals surface area (Å²) in [6.45, 7) is 4.47. The average Bonchev–Trinajstić information content (AvgIpc) is 2.91. The largest absolute Gasteiger partial charge is 0.330 e. The van der Waals surface area contributed by atoms with Gasteiger partial charge in [0.15, 0.2) is 0 Å². The van der Waals surface area contributed by atoms with Crippen LogP contribution in [0.2, 0.25) is 10.0 Å². The Morgan fingerprint density at radius 3 is 2.71 bits per heavy atom. The zero-order valence-electron chi connectivity index (χ0n) is 13.8. The van der Waals surface area contributed by atoms with Gasteiger partial charge in [-0.05, 0) is 25.0 Å². The number of hydrogen-bond acceptors (Lipinski definition) is 2. The third-order valence-corrected chi connectivity index (χ3v) is 5.64. The van der Waals surface area contributed by atoms with Crippen molar-refractivity contribution in [2.75, 3.05) is 13.6 Å². The highest BCUT2D eigenvalue weighted by Gasteiger charge is 2.44. The molecule has 0 saturated carbocycles. The van der Waals surface area contributed by atoms with Gasteiger partial charge >= 0.3 is 6.03 Å². The first-order valence-electron chi connectivity index (χ1n) is 7.88. The van der Waals surface area contributed by atoms with E-state index in [1.807, 2.05) is 13.8 Å². The fourth-order valence-electron chi connectivity index (χ4n) is 3.14. The molecule has 0 aromatic heterocycles. The zero-order chi connectivity index (χ0) is 17.6. The first-order chi connectivity index (χ1) is 11.4. The van der Waals surface area contributed by atoms with Crippen LogP contribution < -0.4 is 5.32 Å². The minimum Gasteiger partial charge on any atom is -0.330 e. The third kappa shape index (κ3) is 2.56. The maximum absolute atomic E-state index is 13.0. The number of likely N-dealkylation sites (N-methyl/N-ethyl adjacent to an activating group) is 1. The Morgan fingerprint density at radius 2 is 2.04 bits per heavy atom. The Kier molecular flexibility index (Phi) is 4.49. The van der Waals surface area contributed by atoms with E-state index in [0.717, 1.165) is 12.1 Å². The molecule has 24 heavy (non-hydrogen) atoms. The molecule has 5 nitrogen and oxygen atoms in total. The van der Waals surface area contributed by atoms with Crippen LogP contribution in [0.5, 0.6) is 0 Å². The second-order valence-corrected chi connectivity index (χ2v) is 6.92. The molecule has 2 aliphatic heterocycles. The van der Waals surface area contributed by atoms with Crippen LogP contribution in [-0.2, 0) is 4.79 Å². The van der Waals surface area contributed by atoms with Crippen LogP contribution in [-0.4, -0.2) is 41.4 Å². The summed E-state index contributed by atoms with van der Waals surface area (Å²) in [5.74, 6) is -0.0627. The topological polar surface area (TPSA) is 52.7 Å². The summed E-state index contributed by atoms with van der Waals surface area (Å²) in [5.41, 5.74) is 1.93. The molecule has 0 fully saturated rings. The lowest BCUT2D eigenvalue weighted by Crippen LogP contribution is -2.45. The Morgan fingerprint density at radius 1 is 1.33 bits per heavy atom. The van der Waals surface area contributed by atoms with Crippen molar-refractivity contribution in [1.82, 2.24) is 15.1 Å². The van der Waals surface area contributed by atoms with Gasteiger partial charge in [-0.2, -0.15) is 0 Å². The van der Waals surface area contributed by atoms with Gasteiger partial charge in [0.1, 0.15) is 0 Å². The highest BCUT2D eigenvalue weighted by molar-refractivity contribution is 6.42. The highest BCUT2D eigenvalue weighted by atomic mass is 35.5. The number of hydrogen-bond donors (Lipinski definition) is 1. The number of carbonyl (C=O) groups excluding carboxylic acids is 2. The van der Waals surface area contributed by atoms with Crippen molar-refractivity contribution in [3.63, 3.8) is 0 Å². The van der Waals surface area contributed by atoms with E-state index in [4.69, 9.17) is 23.2 Å². The molecule has 0 radical (unpaired) electrons. The Hall–Kier alpha value is -1.72. The van der Waals surface area contributed by atoms with Crippen molar-refractivity contribution < 1.29 is 9.59 Å². The molecule has 0 aliphatic carbocycles. The third-order valence-electron chi connectivity index (χ3n) is 4.80. The lowest BCUT2D eigenvalue weighted by Gasteiger charge is -2.31. The van der Waals surface area contributed by atoms with Crippen molar-refractivity contribution >= 4 is 35.1 Å². The molecule has 2 atom stereocenters. The van der Waals surface area contributed by atoms with Crippen LogP contribution in [0.15, 0.2) is 29.5 Å². The number of halogens is 2. The number of nitrogens with one attached hydrogen (secondary N) is 1. The van der Waals surface area contributed by atoms with Crippen molar-refractivity contribution in [2.24, 2.45) is 0 Å². The quantitative estimate of drug-likeness (QED) is 0.887. The highest BCUT2D eigenvalue weighted by Crippen LogP contribution is 2.40. The maximum Gasteiger partial charge on any atom is 0.322 e. The molecular weight excluding hydrogens is 349 g/mol.